The molecule has 5 heteroatoms. The van der Waals surface area contributed by atoms with E-state index in [-0.39, 0.29) is 11.8 Å². The molecule has 1 aromatic carbocycles. The van der Waals surface area contributed by atoms with Gasteiger partial charge in [-0.15, -0.1) is 0 Å². The van der Waals surface area contributed by atoms with Crippen LogP contribution >= 0.6 is 0 Å². The molecular weight excluding hydrogens is 288 g/mol. The van der Waals surface area contributed by atoms with Gasteiger partial charge < -0.3 is 10.2 Å². The molecule has 5 nitrogen and oxygen atoms in total. The maximum absolute atomic E-state index is 12.4. The Kier molecular flexibility index (Phi) is 4.74. The number of hydrogen-bond acceptors (Lipinski definition) is 4. The number of aromatic nitrogens is 2. The number of benzene rings is 1. The van der Waals surface area contributed by atoms with Crippen LogP contribution in [0.2, 0.25) is 0 Å². The number of nitrogens with one attached hydrogen (secondary N) is 1. The molecule has 1 saturated heterocycles. The van der Waals surface area contributed by atoms with Crippen molar-refractivity contribution < 1.29 is 4.79 Å². The minimum Gasteiger partial charge on any atom is -0.354 e. The Labute approximate surface area is 137 Å². The van der Waals surface area contributed by atoms with Gasteiger partial charge in [-0.2, -0.15) is 0 Å². The average molecular weight is 312 g/mol. The van der Waals surface area contributed by atoms with Crippen molar-refractivity contribution in [2.24, 2.45) is 5.92 Å². The molecule has 122 valence electrons. The molecule has 0 aliphatic carbocycles. The summed E-state index contributed by atoms with van der Waals surface area (Å²) < 4.78 is 0. The van der Waals surface area contributed by atoms with E-state index in [1.165, 1.54) is 0 Å². The first-order chi connectivity index (χ1) is 11.2. The third kappa shape index (κ3) is 3.44. The highest BCUT2D eigenvalue weighted by Crippen LogP contribution is 2.28. The number of fused-ring (bicyclic) bond motifs is 1. The number of para-hydroxylation sites is 2. The van der Waals surface area contributed by atoms with E-state index in [4.69, 9.17) is 4.98 Å². The summed E-state index contributed by atoms with van der Waals surface area (Å²) in [4.78, 5) is 24.1. The summed E-state index contributed by atoms with van der Waals surface area (Å²) >= 11 is 0. The summed E-state index contributed by atoms with van der Waals surface area (Å²) in [5.41, 5.74) is 1.68. The molecule has 2 aromatic rings. The molecule has 0 spiro atoms. The van der Waals surface area contributed by atoms with Gasteiger partial charge in [0.15, 0.2) is 11.6 Å². The fourth-order valence-corrected chi connectivity index (χ4v) is 3.03. The van der Waals surface area contributed by atoms with Gasteiger partial charge >= 0.3 is 0 Å². The molecule has 2 heterocycles. The average Bonchev–Trinajstić information content (AvgIpc) is 3.08. The minimum atomic E-state index is -0.0142. The molecule has 1 aliphatic heterocycles. The van der Waals surface area contributed by atoms with Gasteiger partial charge in [0.05, 0.1) is 11.0 Å². The Balaban J connectivity index is 1.95. The maximum atomic E-state index is 12.4. The Morgan fingerprint density at radius 1 is 1.22 bits per heavy atom. The lowest BCUT2D eigenvalue weighted by Gasteiger charge is -2.21. The normalized spacial score (nSPS) is 15.8. The summed E-state index contributed by atoms with van der Waals surface area (Å²) in [6, 6.07) is 7.80. The van der Waals surface area contributed by atoms with Crippen molar-refractivity contribution in [3.05, 3.63) is 24.3 Å². The predicted molar refractivity (Wildman–Crippen MR) is 93.7 cm³/mol. The molecule has 1 amide bonds. The molecule has 0 radical (unpaired) electrons. The molecule has 1 aliphatic rings. The Bertz CT molecular complexity index is 694. The van der Waals surface area contributed by atoms with Crippen LogP contribution in [0.15, 0.2) is 24.3 Å². The van der Waals surface area contributed by atoms with Crippen LogP contribution in [-0.4, -0.2) is 29.0 Å². The van der Waals surface area contributed by atoms with Gasteiger partial charge in [0.2, 0.25) is 5.91 Å². The monoisotopic (exact) mass is 312 g/mol. The van der Waals surface area contributed by atoms with Crippen molar-refractivity contribution in [2.45, 2.75) is 39.5 Å². The lowest BCUT2D eigenvalue weighted by Crippen LogP contribution is -2.25. The van der Waals surface area contributed by atoms with Crippen LogP contribution in [-0.2, 0) is 4.79 Å². The van der Waals surface area contributed by atoms with Gasteiger partial charge in [0.25, 0.3) is 0 Å². The minimum absolute atomic E-state index is 0.0142. The summed E-state index contributed by atoms with van der Waals surface area (Å²) in [7, 11) is 0. The lowest BCUT2D eigenvalue weighted by molar-refractivity contribution is -0.119. The SMILES string of the molecule is CCCC(C)C(=O)Nc1nc2ccccc2nc1N1CCCC1. The number of amides is 1. The molecule has 1 fully saturated rings. The zero-order valence-corrected chi connectivity index (χ0v) is 13.9. The summed E-state index contributed by atoms with van der Waals surface area (Å²) in [5.74, 6) is 1.41. The highest BCUT2D eigenvalue weighted by Gasteiger charge is 2.22. The number of rotatable bonds is 5. The summed E-state index contributed by atoms with van der Waals surface area (Å²) in [5, 5.41) is 3.01. The third-order valence-corrected chi connectivity index (χ3v) is 4.37. The standard InChI is InChI=1S/C18H24N4O/c1-3-8-13(2)18(23)21-16-17(22-11-6-7-12-22)20-15-10-5-4-9-14(15)19-16/h4-5,9-10,13H,3,6-8,11-12H2,1-2H3,(H,19,21,23). The van der Waals surface area contributed by atoms with E-state index < -0.39 is 0 Å². The summed E-state index contributed by atoms with van der Waals surface area (Å²) in [6.45, 7) is 6.00. The lowest BCUT2D eigenvalue weighted by atomic mass is 10.1. The van der Waals surface area contributed by atoms with Crippen molar-refractivity contribution in [2.75, 3.05) is 23.3 Å². The quantitative estimate of drug-likeness (QED) is 0.916. The van der Waals surface area contributed by atoms with E-state index in [0.29, 0.717) is 5.82 Å². The Hall–Kier alpha value is -2.17. The molecule has 1 atom stereocenters. The Morgan fingerprint density at radius 3 is 2.52 bits per heavy atom. The molecule has 1 unspecified atom stereocenters. The van der Waals surface area contributed by atoms with Crippen molar-refractivity contribution in [3.8, 4) is 0 Å². The topological polar surface area (TPSA) is 58.1 Å². The van der Waals surface area contributed by atoms with Crippen molar-refractivity contribution in [3.63, 3.8) is 0 Å². The molecule has 0 bridgehead atoms. The molecule has 1 aromatic heterocycles. The predicted octanol–water partition coefficient (Wildman–Crippen LogP) is 3.60. The number of carbonyl (C=O) groups is 1. The zero-order chi connectivity index (χ0) is 16.2. The van der Waals surface area contributed by atoms with E-state index >= 15 is 0 Å². The van der Waals surface area contributed by atoms with Crippen molar-refractivity contribution in [1.82, 2.24) is 9.97 Å². The number of hydrogen-bond donors (Lipinski definition) is 1. The third-order valence-electron chi connectivity index (χ3n) is 4.37. The molecule has 1 N–H and O–H groups in total. The second-order valence-electron chi connectivity index (χ2n) is 6.26. The van der Waals surface area contributed by atoms with Crippen LogP contribution in [0.3, 0.4) is 0 Å². The van der Waals surface area contributed by atoms with Gasteiger partial charge in [-0.05, 0) is 31.4 Å². The smallest absolute Gasteiger partial charge is 0.228 e. The molecule has 0 saturated carbocycles. The number of nitrogens with zero attached hydrogens (tertiary/aromatic N) is 3. The van der Waals surface area contributed by atoms with Gasteiger partial charge in [-0.25, -0.2) is 9.97 Å². The first-order valence-corrected chi connectivity index (χ1v) is 8.51. The number of carbonyl (C=O) groups excluding carboxylic acids is 1. The second-order valence-corrected chi connectivity index (χ2v) is 6.26. The van der Waals surface area contributed by atoms with Crippen LogP contribution in [0, 0.1) is 5.92 Å². The summed E-state index contributed by atoms with van der Waals surface area (Å²) in [6.07, 6.45) is 4.20. The van der Waals surface area contributed by atoms with Crippen molar-refractivity contribution in [1.29, 1.82) is 0 Å². The molecule has 3 rings (SSSR count). The molecule has 23 heavy (non-hydrogen) atoms. The van der Waals surface area contributed by atoms with Gasteiger partial charge in [0.1, 0.15) is 0 Å². The van der Waals surface area contributed by atoms with Gasteiger partial charge in [-0.1, -0.05) is 32.4 Å². The van der Waals surface area contributed by atoms with E-state index in [1.807, 2.05) is 31.2 Å². The Morgan fingerprint density at radius 2 is 1.87 bits per heavy atom. The van der Waals surface area contributed by atoms with E-state index in [1.54, 1.807) is 0 Å². The highest BCUT2D eigenvalue weighted by molar-refractivity contribution is 5.95. The first kappa shape index (κ1) is 15.7. The first-order valence-electron chi connectivity index (χ1n) is 8.51. The highest BCUT2D eigenvalue weighted by atomic mass is 16.1. The van der Waals surface area contributed by atoms with Gasteiger partial charge in [0, 0.05) is 19.0 Å². The van der Waals surface area contributed by atoms with Crippen LogP contribution in [0.5, 0.6) is 0 Å². The van der Waals surface area contributed by atoms with Crippen LogP contribution in [0.25, 0.3) is 11.0 Å². The van der Waals surface area contributed by atoms with Gasteiger partial charge in [-0.3, -0.25) is 4.79 Å². The zero-order valence-electron chi connectivity index (χ0n) is 13.9. The van der Waals surface area contributed by atoms with Crippen LogP contribution < -0.4 is 10.2 Å². The largest absolute Gasteiger partial charge is 0.354 e. The van der Waals surface area contributed by atoms with Crippen LogP contribution in [0.1, 0.15) is 39.5 Å². The maximum Gasteiger partial charge on any atom is 0.228 e. The number of anilines is 2. The molecular formula is C18H24N4O. The van der Waals surface area contributed by atoms with Crippen molar-refractivity contribution >= 4 is 28.6 Å². The second kappa shape index (κ2) is 6.94. The van der Waals surface area contributed by atoms with Crippen LogP contribution in [0.4, 0.5) is 11.6 Å². The van der Waals surface area contributed by atoms with E-state index in [0.717, 1.165) is 55.6 Å². The fraction of sp³-hybridized carbons (Fsp3) is 0.500. The fourth-order valence-electron chi connectivity index (χ4n) is 3.03. The van der Waals surface area contributed by atoms with E-state index in [2.05, 4.69) is 22.1 Å². The van der Waals surface area contributed by atoms with E-state index in [9.17, 15) is 4.79 Å².